The molecule has 0 saturated carbocycles. The van der Waals surface area contributed by atoms with Gasteiger partial charge in [0.05, 0.1) is 24.9 Å². The number of nitrogens with one attached hydrogen (secondary N) is 1. The van der Waals surface area contributed by atoms with Crippen molar-refractivity contribution >= 4 is 17.5 Å². The number of benzene rings is 2. The van der Waals surface area contributed by atoms with Crippen LogP contribution >= 0.6 is 0 Å². The first-order chi connectivity index (χ1) is 15.6. The standard InChI is InChI=1S/C25H31N3O4/c1-19-17-27(11-13-31-19)18-21-6-4-5-20(15-21)16-26-24(29)9-10-25(30)28-12-14-32-23-8-3-2-7-22(23)28/h2-8,15,19H,9-14,16-18H2,1H3,(H,26,29). The molecule has 2 heterocycles. The molecule has 0 bridgehead atoms. The number of hydrogen-bond donors (Lipinski definition) is 1. The average molecular weight is 438 g/mol. The van der Waals surface area contributed by atoms with Gasteiger partial charge in [0.2, 0.25) is 11.8 Å². The predicted molar refractivity (Wildman–Crippen MR) is 123 cm³/mol. The third-order valence-electron chi connectivity index (χ3n) is 5.81. The number of carbonyl (C=O) groups excluding carboxylic acids is 2. The van der Waals surface area contributed by atoms with E-state index in [9.17, 15) is 9.59 Å². The Morgan fingerprint density at radius 1 is 1.03 bits per heavy atom. The van der Waals surface area contributed by atoms with E-state index in [1.807, 2.05) is 36.4 Å². The number of rotatable bonds is 7. The van der Waals surface area contributed by atoms with Crippen molar-refractivity contribution in [1.29, 1.82) is 0 Å². The third-order valence-corrected chi connectivity index (χ3v) is 5.81. The Hall–Kier alpha value is -2.90. The minimum atomic E-state index is -0.118. The minimum Gasteiger partial charge on any atom is -0.490 e. The fourth-order valence-corrected chi connectivity index (χ4v) is 4.20. The van der Waals surface area contributed by atoms with E-state index in [1.165, 1.54) is 5.56 Å². The summed E-state index contributed by atoms with van der Waals surface area (Å²) in [5.74, 6) is 0.535. The van der Waals surface area contributed by atoms with Gasteiger partial charge in [-0.15, -0.1) is 0 Å². The van der Waals surface area contributed by atoms with Crippen molar-refractivity contribution in [3.8, 4) is 5.75 Å². The van der Waals surface area contributed by atoms with Crippen molar-refractivity contribution in [1.82, 2.24) is 10.2 Å². The van der Waals surface area contributed by atoms with Gasteiger partial charge in [0.1, 0.15) is 12.4 Å². The van der Waals surface area contributed by atoms with Crippen molar-refractivity contribution in [2.24, 2.45) is 0 Å². The van der Waals surface area contributed by atoms with Crippen LogP contribution in [0.25, 0.3) is 0 Å². The Morgan fingerprint density at radius 3 is 2.75 bits per heavy atom. The summed E-state index contributed by atoms with van der Waals surface area (Å²) in [5.41, 5.74) is 3.06. The van der Waals surface area contributed by atoms with E-state index in [0.717, 1.165) is 37.5 Å². The topological polar surface area (TPSA) is 71.1 Å². The van der Waals surface area contributed by atoms with E-state index in [0.29, 0.717) is 25.4 Å². The molecule has 1 fully saturated rings. The van der Waals surface area contributed by atoms with Gasteiger partial charge in [0, 0.05) is 39.0 Å². The fraction of sp³-hybridized carbons (Fsp3) is 0.440. The molecule has 0 radical (unpaired) electrons. The zero-order valence-corrected chi connectivity index (χ0v) is 18.6. The highest BCUT2D eigenvalue weighted by Crippen LogP contribution is 2.31. The van der Waals surface area contributed by atoms with Crippen LogP contribution in [0.5, 0.6) is 5.75 Å². The molecule has 0 aliphatic carbocycles. The van der Waals surface area contributed by atoms with Crippen LogP contribution in [0.15, 0.2) is 48.5 Å². The first-order valence-corrected chi connectivity index (χ1v) is 11.3. The first kappa shape index (κ1) is 22.3. The van der Waals surface area contributed by atoms with Crippen molar-refractivity contribution in [2.75, 3.05) is 37.7 Å². The number of ether oxygens (including phenoxy) is 2. The molecule has 0 aromatic heterocycles. The molecule has 2 amide bonds. The van der Waals surface area contributed by atoms with Crippen molar-refractivity contribution in [3.63, 3.8) is 0 Å². The number of para-hydroxylation sites is 2. The molecular weight excluding hydrogens is 406 g/mol. The molecule has 7 nitrogen and oxygen atoms in total. The lowest BCUT2D eigenvalue weighted by Gasteiger charge is -2.31. The summed E-state index contributed by atoms with van der Waals surface area (Å²) in [6.07, 6.45) is 0.610. The molecule has 2 aliphatic rings. The lowest BCUT2D eigenvalue weighted by atomic mass is 10.1. The van der Waals surface area contributed by atoms with Crippen LogP contribution in [-0.2, 0) is 27.4 Å². The first-order valence-electron chi connectivity index (χ1n) is 11.3. The van der Waals surface area contributed by atoms with Crippen LogP contribution in [0.4, 0.5) is 5.69 Å². The smallest absolute Gasteiger partial charge is 0.227 e. The zero-order chi connectivity index (χ0) is 22.3. The summed E-state index contributed by atoms with van der Waals surface area (Å²) >= 11 is 0. The lowest BCUT2D eigenvalue weighted by Crippen LogP contribution is -2.40. The van der Waals surface area contributed by atoms with Gasteiger partial charge in [-0.25, -0.2) is 0 Å². The normalized spacial score (nSPS) is 18.5. The summed E-state index contributed by atoms with van der Waals surface area (Å²) in [7, 11) is 0. The summed E-state index contributed by atoms with van der Waals surface area (Å²) in [4.78, 5) is 29.1. The van der Waals surface area contributed by atoms with Gasteiger partial charge in [-0.3, -0.25) is 14.5 Å². The van der Waals surface area contributed by atoms with Crippen LogP contribution in [-0.4, -0.2) is 55.7 Å². The third kappa shape index (κ3) is 5.87. The summed E-state index contributed by atoms with van der Waals surface area (Å²) in [5, 5.41) is 2.95. The second kappa shape index (κ2) is 10.6. The molecule has 1 saturated heterocycles. The average Bonchev–Trinajstić information content (AvgIpc) is 2.81. The summed E-state index contributed by atoms with van der Waals surface area (Å²) in [6, 6.07) is 15.8. The lowest BCUT2D eigenvalue weighted by molar-refractivity contribution is -0.125. The molecule has 4 rings (SSSR count). The molecule has 2 aromatic rings. The van der Waals surface area contributed by atoms with Gasteiger partial charge >= 0.3 is 0 Å². The Morgan fingerprint density at radius 2 is 1.88 bits per heavy atom. The predicted octanol–water partition coefficient (Wildman–Crippen LogP) is 2.73. The molecule has 170 valence electrons. The van der Waals surface area contributed by atoms with Crippen LogP contribution < -0.4 is 15.0 Å². The summed E-state index contributed by atoms with van der Waals surface area (Å²) in [6.45, 7) is 7.05. The van der Waals surface area contributed by atoms with E-state index < -0.39 is 0 Å². The van der Waals surface area contributed by atoms with Gasteiger partial charge in [-0.2, -0.15) is 0 Å². The molecule has 1 unspecified atom stereocenters. The van der Waals surface area contributed by atoms with E-state index in [4.69, 9.17) is 9.47 Å². The molecular formula is C25H31N3O4. The highest BCUT2D eigenvalue weighted by Gasteiger charge is 2.23. The Labute approximate surface area is 189 Å². The number of carbonyl (C=O) groups is 2. The Balaban J connectivity index is 1.24. The second-order valence-corrected chi connectivity index (χ2v) is 8.37. The zero-order valence-electron chi connectivity index (χ0n) is 18.6. The number of nitrogens with zero attached hydrogens (tertiary/aromatic N) is 2. The van der Waals surface area contributed by atoms with E-state index in [-0.39, 0.29) is 30.8 Å². The molecule has 0 spiro atoms. The number of morpholine rings is 1. The number of fused-ring (bicyclic) bond motifs is 1. The van der Waals surface area contributed by atoms with Gasteiger partial charge in [-0.1, -0.05) is 36.4 Å². The van der Waals surface area contributed by atoms with Gasteiger partial charge in [0.15, 0.2) is 0 Å². The van der Waals surface area contributed by atoms with Crippen LogP contribution in [0.3, 0.4) is 0 Å². The number of anilines is 1. The van der Waals surface area contributed by atoms with Crippen LogP contribution in [0.2, 0.25) is 0 Å². The molecule has 7 heteroatoms. The quantitative estimate of drug-likeness (QED) is 0.721. The molecule has 1 N–H and O–H groups in total. The molecule has 2 aromatic carbocycles. The Kier molecular flexibility index (Phi) is 7.39. The SMILES string of the molecule is CC1CN(Cc2cccc(CNC(=O)CCC(=O)N3CCOc4ccccc43)c2)CCO1. The maximum Gasteiger partial charge on any atom is 0.227 e. The largest absolute Gasteiger partial charge is 0.490 e. The highest BCUT2D eigenvalue weighted by molar-refractivity contribution is 5.97. The highest BCUT2D eigenvalue weighted by atomic mass is 16.5. The van der Waals surface area contributed by atoms with E-state index in [1.54, 1.807) is 4.90 Å². The molecule has 2 aliphatic heterocycles. The maximum absolute atomic E-state index is 12.7. The fourth-order valence-electron chi connectivity index (χ4n) is 4.20. The number of hydrogen-bond acceptors (Lipinski definition) is 5. The van der Waals surface area contributed by atoms with Crippen LogP contribution in [0.1, 0.15) is 30.9 Å². The van der Waals surface area contributed by atoms with Gasteiger partial charge < -0.3 is 19.7 Å². The minimum absolute atomic E-state index is 0.0577. The summed E-state index contributed by atoms with van der Waals surface area (Å²) < 4.78 is 11.2. The van der Waals surface area contributed by atoms with Crippen LogP contribution in [0, 0.1) is 0 Å². The Bertz CT molecular complexity index is 948. The van der Waals surface area contributed by atoms with E-state index in [2.05, 4.69) is 29.3 Å². The van der Waals surface area contributed by atoms with Crippen molar-refractivity contribution < 1.29 is 19.1 Å². The van der Waals surface area contributed by atoms with Gasteiger partial charge in [0.25, 0.3) is 0 Å². The number of amides is 2. The monoisotopic (exact) mass is 437 g/mol. The second-order valence-electron chi connectivity index (χ2n) is 8.37. The van der Waals surface area contributed by atoms with E-state index >= 15 is 0 Å². The maximum atomic E-state index is 12.7. The molecule has 1 atom stereocenters. The van der Waals surface area contributed by atoms with Gasteiger partial charge in [-0.05, 0) is 30.2 Å². The van der Waals surface area contributed by atoms with Crippen molar-refractivity contribution in [3.05, 3.63) is 59.7 Å². The van der Waals surface area contributed by atoms with Crippen molar-refractivity contribution in [2.45, 2.75) is 39.0 Å². The molecule has 32 heavy (non-hydrogen) atoms.